The first-order chi connectivity index (χ1) is 12.0. The van der Waals surface area contributed by atoms with Crippen molar-refractivity contribution in [3.63, 3.8) is 0 Å². The SMILES string of the molecule is COC(=O)Oc1ccc2[nH]c(O)c(C(C)=Nc3ccc(Br)cc3)c2c1. The van der Waals surface area contributed by atoms with Gasteiger partial charge in [-0.3, -0.25) is 4.99 Å². The van der Waals surface area contributed by atoms with Gasteiger partial charge in [0, 0.05) is 15.4 Å². The van der Waals surface area contributed by atoms with Gasteiger partial charge in [0.25, 0.3) is 0 Å². The molecule has 7 heteroatoms. The highest BCUT2D eigenvalue weighted by Crippen LogP contribution is 2.32. The zero-order valence-electron chi connectivity index (χ0n) is 13.5. The molecule has 128 valence electrons. The lowest BCUT2D eigenvalue weighted by Crippen LogP contribution is -2.07. The summed E-state index contributed by atoms with van der Waals surface area (Å²) in [5.41, 5.74) is 2.64. The molecule has 0 aliphatic rings. The number of aliphatic imine (C=N–C) groups is 1. The van der Waals surface area contributed by atoms with Gasteiger partial charge < -0.3 is 19.6 Å². The fraction of sp³-hybridized carbons (Fsp3) is 0.111. The van der Waals surface area contributed by atoms with Crippen molar-refractivity contribution in [2.24, 2.45) is 4.99 Å². The molecule has 0 bridgehead atoms. The molecule has 2 aromatic carbocycles. The Kier molecular flexibility index (Phi) is 4.76. The van der Waals surface area contributed by atoms with E-state index in [1.807, 2.05) is 24.3 Å². The number of carbonyl (C=O) groups excluding carboxylic acids is 1. The third-order valence-corrected chi connectivity index (χ3v) is 4.13. The smallest absolute Gasteiger partial charge is 0.494 e. The number of rotatable bonds is 3. The monoisotopic (exact) mass is 402 g/mol. The van der Waals surface area contributed by atoms with Crippen molar-refractivity contribution in [2.75, 3.05) is 7.11 Å². The van der Waals surface area contributed by atoms with Crippen LogP contribution in [0.3, 0.4) is 0 Å². The Morgan fingerprint density at radius 2 is 1.92 bits per heavy atom. The van der Waals surface area contributed by atoms with Crippen molar-refractivity contribution in [1.29, 1.82) is 0 Å². The molecule has 0 unspecified atom stereocenters. The molecule has 2 N–H and O–H groups in total. The summed E-state index contributed by atoms with van der Waals surface area (Å²) < 4.78 is 10.5. The van der Waals surface area contributed by atoms with E-state index in [-0.39, 0.29) is 5.88 Å². The van der Waals surface area contributed by atoms with Crippen molar-refractivity contribution in [3.05, 3.63) is 52.5 Å². The molecule has 0 saturated carbocycles. The van der Waals surface area contributed by atoms with Gasteiger partial charge in [-0.15, -0.1) is 0 Å². The lowest BCUT2D eigenvalue weighted by atomic mass is 10.1. The normalized spacial score (nSPS) is 11.6. The molecule has 1 aromatic heterocycles. The van der Waals surface area contributed by atoms with E-state index in [1.165, 1.54) is 7.11 Å². The van der Waals surface area contributed by atoms with E-state index in [1.54, 1.807) is 25.1 Å². The van der Waals surface area contributed by atoms with Crippen molar-refractivity contribution < 1.29 is 19.4 Å². The third kappa shape index (κ3) is 3.66. The van der Waals surface area contributed by atoms with E-state index >= 15 is 0 Å². The summed E-state index contributed by atoms with van der Waals surface area (Å²) in [6, 6.07) is 12.5. The van der Waals surface area contributed by atoms with Crippen LogP contribution in [0.25, 0.3) is 10.9 Å². The van der Waals surface area contributed by atoms with Gasteiger partial charge in [-0.2, -0.15) is 0 Å². The largest absolute Gasteiger partial charge is 0.513 e. The molecule has 0 aliphatic carbocycles. The molecule has 0 radical (unpaired) electrons. The number of aromatic hydroxyl groups is 1. The Morgan fingerprint density at radius 3 is 2.60 bits per heavy atom. The maximum absolute atomic E-state index is 11.3. The fourth-order valence-electron chi connectivity index (χ4n) is 2.49. The van der Waals surface area contributed by atoms with Crippen molar-refractivity contribution >= 4 is 44.4 Å². The molecule has 1 heterocycles. The number of nitrogens with zero attached hydrogens (tertiary/aromatic N) is 1. The molecule has 3 rings (SSSR count). The predicted molar refractivity (Wildman–Crippen MR) is 99.0 cm³/mol. The summed E-state index contributed by atoms with van der Waals surface area (Å²) in [6.45, 7) is 1.80. The number of H-pyrrole nitrogens is 1. The first-order valence-electron chi connectivity index (χ1n) is 7.39. The summed E-state index contributed by atoms with van der Waals surface area (Å²) in [6.07, 6.45) is -0.805. The van der Waals surface area contributed by atoms with Crippen molar-refractivity contribution in [3.8, 4) is 11.6 Å². The van der Waals surface area contributed by atoms with Crippen LogP contribution in [-0.2, 0) is 4.74 Å². The summed E-state index contributed by atoms with van der Waals surface area (Å²) >= 11 is 3.38. The number of methoxy groups -OCH3 is 1. The lowest BCUT2D eigenvalue weighted by molar-refractivity contribution is 0.121. The molecule has 0 saturated heterocycles. The van der Waals surface area contributed by atoms with Crippen LogP contribution in [0, 0.1) is 0 Å². The maximum Gasteiger partial charge on any atom is 0.513 e. The minimum Gasteiger partial charge on any atom is -0.494 e. The van der Waals surface area contributed by atoms with Crippen LogP contribution in [-0.4, -0.2) is 29.1 Å². The van der Waals surface area contributed by atoms with Gasteiger partial charge in [0.2, 0.25) is 0 Å². The molecule has 0 aliphatic heterocycles. The Labute approximate surface area is 152 Å². The van der Waals surface area contributed by atoms with Crippen LogP contribution >= 0.6 is 15.9 Å². The lowest BCUT2D eigenvalue weighted by Gasteiger charge is -2.04. The van der Waals surface area contributed by atoms with Crippen LogP contribution < -0.4 is 4.74 Å². The topological polar surface area (TPSA) is 83.9 Å². The Morgan fingerprint density at radius 1 is 1.20 bits per heavy atom. The van der Waals surface area contributed by atoms with Gasteiger partial charge in [-0.1, -0.05) is 15.9 Å². The second-order valence-corrected chi connectivity index (χ2v) is 6.20. The average Bonchev–Trinajstić information content (AvgIpc) is 2.92. The molecule has 0 atom stereocenters. The number of ether oxygens (including phenoxy) is 2. The number of aromatic amines is 1. The zero-order valence-corrected chi connectivity index (χ0v) is 15.1. The molecule has 25 heavy (non-hydrogen) atoms. The first-order valence-corrected chi connectivity index (χ1v) is 8.19. The van der Waals surface area contributed by atoms with E-state index in [0.717, 1.165) is 10.2 Å². The molecule has 6 nitrogen and oxygen atoms in total. The van der Waals surface area contributed by atoms with Crippen molar-refractivity contribution in [1.82, 2.24) is 4.98 Å². The van der Waals surface area contributed by atoms with Gasteiger partial charge in [-0.25, -0.2) is 4.79 Å². The molecule has 0 spiro atoms. The Balaban J connectivity index is 2.04. The van der Waals surface area contributed by atoms with Gasteiger partial charge in [-0.05, 0) is 49.4 Å². The third-order valence-electron chi connectivity index (χ3n) is 3.60. The van der Waals surface area contributed by atoms with E-state index in [0.29, 0.717) is 27.9 Å². The fourth-order valence-corrected chi connectivity index (χ4v) is 2.75. The van der Waals surface area contributed by atoms with E-state index < -0.39 is 6.16 Å². The number of benzene rings is 2. The highest BCUT2D eigenvalue weighted by molar-refractivity contribution is 9.10. The predicted octanol–water partition coefficient (Wildman–Crippen LogP) is 4.92. The number of hydrogen-bond acceptors (Lipinski definition) is 5. The van der Waals surface area contributed by atoms with Crippen LogP contribution in [0.2, 0.25) is 0 Å². The van der Waals surface area contributed by atoms with Gasteiger partial charge in [0.05, 0.1) is 24.1 Å². The molecule has 0 amide bonds. The molecular weight excluding hydrogens is 388 g/mol. The standard InChI is InChI=1S/C18H15BrN2O4/c1-10(20-12-5-3-11(19)4-6-12)16-14-9-13(25-18(23)24-2)7-8-15(14)21-17(16)22/h3-9,21-22H,1-2H3. The Bertz CT molecular complexity index is 961. The van der Waals surface area contributed by atoms with E-state index in [4.69, 9.17) is 4.74 Å². The van der Waals surface area contributed by atoms with Gasteiger partial charge >= 0.3 is 6.16 Å². The second-order valence-electron chi connectivity index (χ2n) is 5.29. The highest BCUT2D eigenvalue weighted by Gasteiger charge is 2.15. The number of carbonyl (C=O) groups is 1. The van der Waals surface area contributed by atoms with Crippen LogP contribution in [0.1, 0.15) is 12.5 Å². The number of hydrogen-bond donors (Lipinski definition) is 2. The summed E-state index contributed by atoms with van der Waals surface area (Å²) in [4.78, 5) is 18.7. The van der Waals surface area contributed by atoms with E-state index in [2.05, 4.69) is 30.6 Å². The van der Waals surface area contributed by atoms with Crippen molar-refractivity contribution in [2.45, 2.75) is 6.92 Å². The number of halogens is 1. The number of aromatic nitrogens is 1. The second kappa shape index (κ2) is 6.98. The average molecular weight is 403 g/mol. The number of fused-ring (bicyclic) bond motifs is 1. The van der Waals surface area contributed by atoms with Crippen LogP contribution in [0.15, 0.2) is 51.9 Å². The van der Waals surface area contributed by atoms with Crippen LogP contribution in [0.5, 0.6) is 11.6 Å². The molecule has 0 fully saturated rings. The van der Waals surface area contributed by atoms with Gasteiger partial charge in [0.1, 0.15) is 5.75 Å². The minimum atomic E-state index is -0.805. The summed E-state index contributed by atoms with van der Waals surface area (Å²) in [7, 11) is 1.24. The minimum absolute atomic E-state index is 0.00331. The highest BCUT2D eigenvalue weighted by atomic mass is 79.9. The zero-order chi connectivity index (χ0) is 18.0. The summed E-state index contributed by atoms with van der Waals surface area (Å²) in [5.74, 6) is 0.319. The van der Waals surface area contributed by atoms with Gasteiger partial charge in [0.15, 0.2) is 5.88 Å². The first kappa shape index (κ1) is 17.0. The number of nitrogens with one attached hydrogen (secondary N) is 1. The van der Waals surface area contributed by atoms with Crippen LogP contribution in [0.4, 0.5) is 10.5 Å². The maximum atomic E-state index is 11.3. The Hall–Kier alpha value is -2.80. The quantitative estimate of drug-likeness (QED) is 0.369. The summed E-state index contributed by atoms with van der Waals surface area (Å²) in [5, 5.41) is 11.0. The molecule has 3 aromatic rings. The van der Waals surface area contributed by atoms with E-state index in [9.17, 15) is 9.90 Å². The molecular formula is C18H15BrN2O4.